The fraction of sp³-hybridized carbons (Fsp3) is 0.160. The van der Waals surface area contributed by atoms with Gasteiger partial charge in [0, 0.05) is 11.5 Å². The van der Waals surface area contributed by atoms with E-state index in [1.807, 2.05) is 0 Å². The topological polar surface area (TPSA) is 387 Å². The van der Waals surface area contributed by atoms with Crippen LogP contribution in [-0.2, 0) is 67.0 Å². The van der Waals surface area contributed by atoms with Gasteiger partial charge in [-0.3, -0.25) is 17.5 Å². The Balaban J connectivity index is 1.65. The molecule has 4 rings (SSSR count). The van der Waals surface area contributed by atoms with E-state index in [0.29, 0.717) is 6.07 Å². The Morgan fingerprint density at radius 3 is 1.61 bits per heavy atom. The van der Waals surface area contributed by atoms with Crippen molar-refractivity contribution in [3.05, 3.63) is 54.6 Å². The number of nitrogen functional groups attached to an aromatic ring is 2. The van der Waals surface area contributed by atoms with Crippen LogP contribution < -0.4 is 11.5 Å². The lowest BCUT2D eigenvalue weighted by Gasteiger charge is -2.10. The molecule has 0 radical (unpaired) electrons. The van der Waals surface area contributed by atoms with Gasteiger partial charge in [-0.1, -0.05) is 22.2 Å². The van der Waals surface area contributed by atoms with Crippen LogP contribution in [0.2, 0.25) is 0 Å². The third kappa shape index (κ3) is 11.8. The van der Waals surface area contributed by atoms with Crippen LogP contribution in [0.4, 0.5) is 34.4 Å². The monoisotopic (exact) mass is 903 g/mol. The van der Waals surface area contributed by atoms with Gasteiger partial charge in [-0.05, 0) is 41.8 Å². The van der Waals surface area contributed by atoms with Gasteiger partial charge < -0.3 is 11.5 Å². The van der Waals surface area contributed by atoms with E-state index in [1.165, 1.54) is 6.07 Å². The Morgan fingerprint density at radius 2 is 1.09 bits per heavy atom. The van der Waals surface area contributed by atoms with Crippen LogP contribution in [0.5, 0.6) is 0 Å². The van der Waals surface area contributed by atoms with Crippen molar-refractivity contribution in [2.24, 2.45) is 20.5 Å². The summed E-state index contributed by atoms with van der Waals surface area (Å²) in [6, 6.07) is 9.27. The second-order valence-corrected chi connectivity index (χ2v) is 18.3. The molecule has 0 aliphatic rings. The lowest BCUT2D eigenvalue weighted by molar-refractivity contribution is -0.434. The fourth-order valence-corrected chi connectivity index (χ4v) is 8.78. The van der Waals surface area contributed by atoms with Crippen molar-refractivity contribution in [2.75, 3.05) is 36.2 Å². The molecule has 0 saturated heterocycles. The number of hydrogen-bond acceptors (Lipinski definition) is 25. The number of hydrogen-bond donors (Lipinski definition) is 6. The van der Waals surface area contributed by atoms with E-state index in [1.54, 1.807) is 0 Å². The molecule has 0 amide bonds. The van der Waals surface area contributed by atoms with E-state index >= 15 is 0 Å². The minimum atomic E-state index is -5.10. The fourth-order valence-electron chi connectivity index (χ4n) is 4.34. The molecule has 0 fully saturated rings. The molecule has 31 heteroatoms. The first-order valence-corrected chi connectivity index (χ1v) is 21.8. The number of fused-ring (bicyclic) bond motifs is 1. The Bertz CT molecular complexity index is 2590. The third-order valence-corrected chi connectivity index (χ3v) is 12.7. The first-order chi connectivity index (χ1) is 26.3. The van der Waals surface area contributed by atoms with E-state index in [4.69, 9.17) is 30.3 Å². The molecular formula is C25H25N7O18S6. The zero-order chi connectivity index (χ0) is 41.3. The van der Waals surface area contributed by atoms with Crippen molar-refractivity contribution in [3.8, 4) is 0 Å². The van der Waals surface area contributed by atoms with Crippen molar-refractivity contribution in [1.29, 1.82) is 0 Å². The largest absolute Gasteiger partial charge is 0.382 e. The van der Waals surface area contributed by atoms with Gasteiger partial charge >= 0.3 is 0 Å². The normalized spacial score (nSPS) is 13.0. The van der Waals surface area contributed by atoms with E-state index in [-0.39, 0.29) is 69.9 Å². The summed E-state index contributed by atoms with van der Waals surface area (Å²) < 4.78 is 138. The average Bonchev–Trinajstić information content (AvgIpc) is 3.12. The van der Waals surface area contributed by atoms with E-state index in [0.717, 1.165) is 42.5 Å². The number of benzene rings is 3. The van der Waals surface area contributed by atoms with Crippen LogP contribution in [-0.4, -0.2) is 83.0 Å². The highest BCUT2D eigenvalue weighted by atomic mass is 32.2. The van der Waals surface area contributed by atoms with Crippen LogP contribution in [0.1, 0.15) is 0 Å². The van der Waals surface area contributed by atoms with Crippen LogP contribution in [0.15, 0.2) is 94.6 Å². The highest BCUT2D eigenvalue weighted by molar-refractivity contribution is 7.92. The summed E-state index contributed by atoms with van der Waals surface area (Å²) in [5.41, 5.74) is 10.2. The highest BCUT2D eigenvalue weighted by Gasteiger charge is 2.24. The second-order valence-electron chi connectivity index (χ2n) is 10.3. The summed E-state index contributed by atoms with van der Waals surface area (Å²) in [6.45, 7) is -0.883. The molecule has 0 aliphatic heterocycles. The second kappa shape index (κ2) is 18.9. The highest BCUT2D eigenvalue weighted by Crippen LogP contribution is 2.38. The smallest absolute Gasteiger partial charge is 0.297 e. The molecule has 0 bridgehead atoms. The van der Waals surface area contributed by atoms with Crippen molar-refractivity contribution in [2.45, 2.75) is 19.6 Å². The Morgan fingerprint density at radius 1 is 0.607 bits per heavy atom. The first-order valence-electron chi connectivity index (χ1n) is 14.3. The van der Waals surface area contributed by atoms with E-state index in [2.05, 4.69) is 44.2 Å². The van der Waals surface area contributed by atoms with Crippen LogP contribution >= 0.6 is 24.6 Å². The van der Waals surface area contributed by atoms with Gasteiger partial charge in [0.25, 0.3) is 20.2 Å². The first kappa shape index (κ1) is 44.7. The molecule has 56 heavy (non-hydrogen) atoms. The third-order valence-electron chi connectivity index (χ3n) is 6.76. The molecule has 3 aromatic carbocycles. The Hall–Kier alpha value is -4.03. The summed E-state index contributed by atoms with van der Waals surface area (Å²) in [5.74, 6) is -1.98. The SMILES string of the molecule is Nc1nc(N)c(/N=N/c2ccc3cc(S(=O)(=O)CCOSOOO)ccc3c2S(=O)(=O)O)cc1/N=N/c1ccc(S(=O)(=O)CCOSOOO)cc1S(=O)(=O)O. The summed E-state index contributed by atoms with van der Waals surface area (Å²) in [5, 5.41) is 37.9. The number of anilines is 2. The maximum atomic E-state index is 12.8. The van der Waals surface area contributed by atoms with Gasteiger partial charge in [0.1, 0.15) is 32.5 Å². The van der Waals surface area contributed by atoms with Gasteiger partial charge in [0.2, 0.25) is 0 Å². The number of sulfone groups is 2. The molecule has 0 aliphatic carbocycles. The number of nitrogens with zero attached hydrogens (tertiary/aromatic N) is 5. The predicted octanol–water partition coefficient (Wildman–Crippen LogP) is 4.27. The van der Waals surface area contributed by atoms with Crippen LogP contribution in [0, 0.1) is 0 Å². The zero-order valence-electron chi connectivity index (χ0n) is 27.4. The summed E-state index contributed by atoms with van der Waals surface area (Å²) in [7, 11) is -18.3. The van der Waals surface area contributed by atoms with Gasteiger partial charge in [-0.15, -0.1) is 29.1 Å². The number of pyridine rings is 1. The van der Waals surface area contributed by atoms with Gasteiger partial charge in [-0.25, -0.2) is 32.3 Å². The minimum Gasteiger partial charge on any atom is -0.382 e. The Kier molecular flexibility index (Phi) is 15.1. The predicted molar refractivity (Wildman–Crippen MR) is 192 cm³/mol. The van der Waals surface area contributed by atoms with Crippen LogP contribution in [0.3, 0.4) is 0 Å². The van der Waals surface area contributed by atoms with Crippen molar-refractivity contribution < 1.29 is 80.4 Å². The molecule has 0 spiro atoms. The lowest BCUT2D eigenvalue weighted by atomic mass is 10.1. The maximum Gasteiger partial charge on any atom is 0.297 e. The maximum absolute atomic E-state index is 12.8. The van der Waals surface area contributed by atoms with Gasteiger partial charge in [0.05, 0.1) is 34.5 Å². The molecule has 304 valence electrons. The number of azo groups is 2. The molecule has 25 nitrogen and oxygen atoms in total. The molecule has 1 heterocycles. The molecule has 0 saturated carbocycles. The minimum absolute atomic E-state index is 0.0595. The van der Waals surface area contributed by atoms with Crippen molar-refractivity contribution in [3.63, 3.8) is 0 Å². The molecule has 1 aromatic heterocycles. The van der Waals surface area contributed by atoms with Crippen molar-refractivity contribution >= 4 is 110 Å². The van der Waals surface area contributed by atoms with Gasteiger partial charge in [0.15, 0.2) is 56.0 Å². The molecule has 8 N–H and O–H groups in total. The summed E-state index contributed by atoms with van der Waals surface area (Å²) in [4.78, 5) is 1.33. The number of rotatable bonds is 20. The zero-order valence-corrected chi connectivity index (χ0v) is 32.3. The van der Waals surface area contributed by atoms with E-state index in [9.17, 15) is 42.8 Å². The molecule has 4 aromatic rings. The standard InChI is InChI=1S/C25H25N7O18S6/c26-24-20(31-29-18-6-3-16(12-22(18)55(39,40)41)54(37,38)10-8-46-52-50-48-34)13-21(25(27)28-24)32-30-19-5-1-14-11-15(2-4-17(14)23(19)56(42,43)44)53(35,36)9-7-45-51-49-47-33/h1-6,11-13,33-34H,7-10H2,(H4,26,27,28)(H,39,40,41)(H,42,43,44)/b31-29+,32-30+. The quantitative estimate of drug-likeness (QED) is 0.0180. The summed E-state index contributed by atoms with van der Waals surface area (Å²) >= 11 is 0.288. The number of nitrogens with two attached hydrogens (primary N) is 2. The lowest BCUT2D eigenvalue weighted by Crippen LogP contribution is -2.12. The van der Waals surface area contributed by atoms with Gasteiger partial charge in [-0.2, -0.15) is 16.8 Å². The Labute approximate surface area is 324 Å². The number of aromatic nitrogens is 1. The van der Waals surface area contributed by atoms with Crippen LogP contribution in [0.25, 0.3) is 10.8 Å². The molecule has 0 unspecified atom stereocenters. The summed E-state index contributed by atoms with van der Waals surface area (Å²) in [6.07, 6.45) is 0. The molecule has 0 atom stereocenters. The van der Waals surface area contributed by atoms with Crippen molar-refractivity contribution in [1.82, 2.24) is 4.98 Å². The molecular weight excluding hydrogens is 879 g/mol. The average molecular weight is 904 g/mol. The van der Waals surface area contributed by atoms with E-state index < -0.39 is 84.1 Å².